The second-order valence-corrected chi connectivity index (χ2v) is 7.71. The van der Waals surface area contributed by atoms with Crippen LogP contribution in [0.5, 0.6) is 0 Å². The predicted octanol–water partition coefficient (Wildman–Crippen LogP) is 4.53. The van der Waals surface area contributed by atoms with Gasteiger partial charge in [-0.1, -0.05) is 45.4 Å². The number of rotatable bonds is 6. The molecule has 2 atom stereocenters. The molecule has 2 fully saturated rings. The summed E-state index contributed by atoms with van der Waals surface area (Å²) in [5.74, 6) is 0. The van der Waals surface area contributed by atoms with Gasteiger partial charge in [-0.2, -0.15) is 11.8 Å². The lowest BCUT2D eigenvalue weighted by molar-refractivity contribution is 0.00235. The first-order valence-electron chi connectivity index (χ1n) is 7.60. The van der Waals surface area contributed by atoms with Crippen molar-refractivity contribution < 1.29 is 5.11 Å². The Balaban J connectivity index is 1.71. The average Bonchev–Trinajstić information content (AvgIpc) is 2.28. The third kappa shape index (κ3) is 4.17. The van der Waals surface area contributed by atoms with Gasteiger partial charge in [-0.15, -0.1) is 0 Å². The molecule has 2 bridgehead atoms. The third-order valence-electron chi connectivity index (χ3n) is 4.40. The van der Waals surface area contributed by atoms with E-state index in [0.29, 0.717) is 0 Å². The number of hydrogen-bond acceptors (Lipinski definition) is 2. The predicted molar refractivity (Wildman–Crippen MR) is 76.6 cm³/mol. The third-order valence-corrected chi connectivity index (χ3v) is 5.97. The summed E-state index contributed by atoms with van der Waals surface area (Å²) in [6.45, 7) is 2.26. The van der Waals surface area contributed by atoms with Gasteiger partial charge in [0.1, 0.15) is 0 Å². The highest BCUT2D eigenvalue weighted by Crippen LogP contribution is 2.47. The van der Waals surface area contributed by atoms with Crippen molar-refractivity contribution in [1.82, 2.24) is 0 Å². The smallest absolute Gasteiger partial charge is 0.0668 e. The summed E-state index contributed by atoms with van der Waals surface area (Å²) in [6, 6.07) is 0. The number of aliphatic hydroxyl groups is 1. The van der Waals surface area contributed by atoms with E-state index in [0.717, 1.165) is 29.8 Å². The quantitative estimate of drug-likeness (QED) is 0.705. The van der Waals surface area contributed by atoms with E-state index in [1.807, 2.05) is 0 Å². The average molecular weight is 256 g/mol. The molecule has 0 amide bonds. The Hall–Kier alpha value is 0.310. The number of unbranched alkanes of at least 4 members (excludes halogenated alkanes) is 4. The monoisotopic (exact) mass is 256 g/mol. The largest absolute Gasteiger partial charge is 0.390 e. The molecule has 0 saturated carbocycles. The van der Waals surface area contributed by atoms with Crippen molar-refractivity contribution in [2.45, 2.75) is 93.7 Å². The molecular formula is C15H28OS. The summed E-state index contributed by atoms with van der Waals surface area (Å²) in [7, 11) is 0. The summed E-state index contributed by atoms with van der Waals surface area (Å²) in [5, 5.41) is 12.3. The number of fused-ring (bicyclic) bond motifs is 2. The van der Waals surface area contributed by atoms with Crippen LogP contribution in [-0.2, 0) is 0 Å². The van der Waals surface area contributed by atoms with Crippen molar-refractivity contribution in [3.63, 3.8) is 0 Å². The standard InChI is InChI=1S/C15H28OS/c1-2-3-4-5-6-10-15(16)11-13-8-7-9-14(12-15)17-13/h13-14,16H,2-12H2,1H3. The Morgan fingerprint density at radius 2 is 1.71 bits per heavy atom. The topological polar surface area (TPSA) is 20.2 Å². The summed E-state index contributed by atoms with van der Waals surface area (Å²) in [5.41, 5.74) is -0.298. The normalized spacial score (nSPS) is 37.1. The van der Waals surface area contributed by atoms with Crippen LogP contribution in [0, 0.1) is 0 Å². The summed E-state index contributed by atoms with van der Waals surface area (Å²) < 4.78 is 0. The summed E-state index contributed by atoms with van der Waals surface area (Å²) in [6.07, 6.45) is 13.9. The van der Waals surface area contributed by atoms with Gasteiger partial charge in [-0.25, -0.2) is 0 Å². The van der Waals surface area contributed by atoms with Crippen molar-refractivity contribution in [2.75, 3.05) is 0 Å². The van der Waals surface area contributed by atoms with Crippen molar-refractivity contribution in [3.8, 4) is 0 Å². The Labute approximate surface area is 111 Å². The highest BCUT2D eigenvalue weighted by molar-refractivity contribution is 8.00. The van der Waals surface area contributed by atoms with E-state index in [4.69, 9.17) is 0 Å². The van der Waals surface area contributed by atoms with Crippen molar-refractivity contribution in [2.24, 2.45) is 0 Å². The van der Waals surface area contributed by atoms with Gasteiger partial charge in [0.25, 0.3) is 0 Å². The Morgan fingerprint density at radius 3 is 2.35 bits per heavy atom. The molecular weight excluding hydrogens is 228 g/mol. The lowest BCUT2D eigenvalue weighted by Gasteiger charge is -2.44. The molecule has 2 unspecified atom stereocenters. The van der Waals surface area contributed by atoms with Gasteiger partial charge in [0, 0.05) is 10.5 Å². The maximum atomic E-state index is 10.7. The first-order chi connectivity index (χ1) is 8.22. The van der Waals surface area contributed by atoms with E-state index in [1.165, 1.54) is 51.4 Å². The fraction of sp³-hybridized carbons (Fsp3) is 1.00. The molecule has 0 aromatic heterocycles. The molecule has 0 aromatic carbocycles. The fourth-order valence-corrected chi connectivity index (χ4v) is 5.44. The fourth-order valence-electron chi connectivity index (χ4n) is 3.47. The minimum absolute atomic E-state index is 0.298. The molecule has 100 valence electrons. The minimum Gasteiger partial charge on any atom is -0.390 e. The molecule has 0 radical (unpaired) electrons. The minimum atomic E-state index is -0.298. The zero-order chi connectivity index (χ0) is 12.1. The van der Waals surface area contributed by atoms with Crippen LogP contribution < -0.4 is 0 Å². The van der Waals surface area contributed by atoms with E-state index in [9.17, 15) is 5.11 Å². The number of thioether (sulfide) groups is 1. The van der Waals surface area contributed by atoms with E-state index < -0.39 is 0 Å². The van der Waals surface area contributed by atoms with Crippen LogP contribution in [-0.4, -0.2) is 21.2 Å². The maximum absolute atomic E-state index is 10.7. The van der Waals surface area contributed by atoms with Crippen LogP contribution >= 0.6 is 11.8 Å². The first-order valence-corrected chi connectivity index (χ1v) is 8.54. The van der Waals surface area contributed by atoms with Crippen LogP contribution in [0.3, 0.4) is 0 Å². The van der Waals surface area contributed by atoms with Gasteiger partial charge < -0.3 is 5.11 Å². The number of hydrogen-bond donors (Lipinski definition) is 1. The molecule has 0 aromatic rings. The zero-order valence-corrected chi connectivity index (χ0v) is 12.1. The SMILES string of the molecule is CCCCCCCC1(O)CC2CCCC(C1)S2. The molecule has 2 aliphatic rings. The van der Waals surface area contributed by atoms with Gasteiger partial charge in [0.2, 0.25) is 0 Å². The molecule has 2 rings (SSSR count). The molecule has 2 aliphatic heterocycles. The van der Waals surface area contributed by atoms with Crippen molar-refractivity contribution in [1.29, 1.82) is 0 Å². The van der Waals surface area contributed by atoms with E-state index >= 15 is 0 Å². The van der Waals surface area contributed by atoms with Crippen LogP contribution in [0.4, 0.5) is 0 Å². The zero-order valence-electron chi connectivity index (χ0n) is 11.3. The van der Waals surface area contributed by atoms with Gasteiger partial charge in [0.05, 0.1) is 5.60 Å². The second kappa shape index (κ2) is 6.47. The van der Waals surface area contributed by atoms with Crippen molar-refractivity contribution in [3.05, 3.63) is 0 Å². The van der Waals surface area contributed by atoms with Crippen LogP contribution in [0.1, 0.15) is 77.6 Å². The molecule has 17 heavy (non-hydrogen) atoms. The molecule has 0 spiro atoms. The molecule has 2 heteroatoms. The van der Waals surface area contributed by atoms with Gasteiger partial charge in [-0.05, 0) is 32.1 Å². The molecule has 0 aliphatic carbocycles. The van der Waals surface area contributed by atoms with Crippen molar-refractivity contribution >= 4 is 11.8 Å². The summed E-state index contributed by atoms with van der Waals surface area (Å²) in [4.78, 5) is 0. The maximum Gasteiger partial charge on any atom is 0.0668 e. The Kier molecular flexibility index (Phi) is 5.23. The first kappa shape index (κ1) is 13.7. The lowest BCUT2D eigenvalue weighted by Crippen LogP contribution is -2.42. The van der Waals surface area contributed by atoms with Crippen LogP contribution in [0.25, 0.3) is 0 Å². The highest BCUT2D eigenvalue weighted by Gasteiger charge is 2.40. The van der Waals surface area contributed by atoms with E-state index in [1.54, 1.807) is 0 Å². The Bertz CT molecular complexity index is 217. The van der Waals surface area contributed by atoms with Crippen LogP contribution in [0.2, 0.25) is 0 Å². The van der Waals surface area contributed by atoms with Gasteiger partial charge >= 0.3 is 0 Å². The van der Waals surface area contributed by atoms with Gasteiger partial charge in [0.15, 0.2) is 0 Å². The van der Waals surface area contributed by atoms with E-state index in [-0.39, 0.29) is 5.60 Å². The summed E-state index contributed by atoms with van der Waals surface area (Å²) >= 11 is 2.16. The van der Waals surface area contributed by atoms with Gasteiger partial charge in [-0.3, -0.25) is 0 Å². The lowest BCUT2D eigenvalue weighted by atomic mass is 9.82. The molecule has 1 N–H and O–H groups in total. The molecule has 2 saturated heterocycles. The van der Waals surface area contributed by atoms with Crippen LogP contribution in [0.15, 0.2) is 0 Å². The Morgan fingerprint density at radius 1 is 1.06 bits per heavy atom. The highest BCUT2D eigenvalue weighted by atomic mass is 32.2. The van der Waals surface area contributed by atoms with E-state index in [2.05, 4.69) is 18.7 Å². The molecule has 1 nitrogen and oxygen atoms in total. The second-order valence-electron chi connectivity index (χ2n) is 6.11. The molecule has 2 heterocycles.